The van der Waals surface area contributed by atoms with E-state index in [4.69, 9.17) is 21.1 Å². The van der Waals surface area contributed by atoms with Crippen molar-refractivity contribution in [3.8, 4) is 22.8 Å². The van der Waals surface area contributed by atoms with Crippen LogP contribution in [0.15, 0.2) is 76.3 Å². The van der Waals surface area contributed by atoms with E-state index < -0.39 is 28.9 Å². The van der Waals surface area contributed by atoms with Crippen LogP contribution in [0.4, 0.5) is 10.5 Å². The maximum atomic E-state index is 13.1. The van der Waals surface area contributed by atoms with Crippen molar-refractivity contribution in [3.63, 3.8) is 0 Å². The van der Waals surface area contributed by atoms with Gasteiger partial charge in [-0.1, -0.05) is 48.0 Å². The molecule has 1 aliphatic rings. The number of ether oxygens (including phenoxy) is 2. The molecule has 38 heavy (non-hydrogen) atoms. The molecule has 5 rings (SSSR count). The van der Waals surface area contributed by atoms with Gasteiger partial charge in [-0.15, -0.1) is 0 Å². The van der Waals surface area contributed by atoms with Crippen molar-refractivity contribution in [1.82, 2.24) is 10.3 Å². The van der Waals surface area contributed by atoms with Crippen molar-refractivity contribution in [1.29, 1.82) is 0 Å². The molecule has 10 heteroatoms. The van der Waals surface area contributed by atoms with Crippen LogP contribution in [0.1, 0.15) is 17.7 Å². The summed E-state index contributed by atoms with van der Waals surface area (Å²) in [7, 11) is 0. The van der Waals surface area contributed by atoms with E-state index >= 15 is 0 Å². The number of hydrogen-bond acceptors (Lipinski definition) is 7. The average Bonchev–Trinajstić information content (AvgIpc) is 3.25. The van der Waals surface area contributed by atoms with Crippen LogP contribution < -0.4 is 25.8 Å². The number of aromatic nitrogens is 1. The van der Waals surface area contributed by atoms with Crippen molar-refractivity contribution in [2.24, 2.45) is 0 Å². The van der Waals surface area contributed by atoms with Gasteiger partial charge in [0.15, 0.2) is 0 Å². The molecular formula is C28H22ClN3O6. The number of halogens is 1. The summed E-state index contributed by atoms with van der Waals surface area (Å²) < 4.78 is 11.1. The maximum Gasteiger partial charge on any atom is 0.408 e. The minimum Gasteiger partial charge on any atom is -0.445 e. The van der Waals surface area contributed by atoms with Gasteiger partial charge < -0.3 is 19.7 Å². The van der Waals surface area contributed by atoms with Crippen molar-refractivity contribution < 1.29 is 19.1 Å². The number of amides is 2. The number of rotatable bonds is 7. The molecule has 1 aromatic heterocycles. The lowest BCUT2D eigenvalue weighted by Gasteiger charge is -2.22. The van der Waals surface area contributed by atoms with Gasteiger partial charge >= 0.3 is 6.09 Å². The SMILES string of the molecule is Cc1cccc(Oc2cc(Cl)ccc2-c2c(N3CC[C@@H](NC(=O)OCc4ccccc4)C3=O)c(=O)c2=O)n1. The lowest BCUT2D eigenvalue weighted by Crippen LogP contribution is -2.46. The van der Waals surface area contributed by atoms with Gasteiger partial charge in [-0.05, 0) is 37.1 Å². The largest absolute Gasteiger partial charge is 0.445 e. The topological polar surface area (TPSA) is 115 Å². The molecule has 2 heterocycles. The van der Waals surface area contributed by atoms with Crippen LogP contribution in [0.2, 0.25) is 5.02 Å². The van der Waals surface area contributed by atoms with Crippen LogP contribution in [0.3, 0.4) is 0 Å². The smallest absolute Gasteiger partial charge is 0.408 e. The van der Waals surface area contributed by atoms with Crippen molar-refractivity contribution in [2.45, 2.75) is 26.0 Å². The normalized spacial score (nSPS) is 15.1. The molecule has 9 nitrogen and oxygen atoms in total. The highest BCUT2D eigenvalue weighted by Gasteiger charge is 2.40. The molecule has 1 saturated heterocycles. The third-order valence-corrected chi connectivity index (χ3v) is 6.39. The Morgan fingerprint density at radius 3 is 2.61 bits per heavy atom. The first-order chi connectivity index (χ1) is 18.3. The van der Waals surface area contributed by atoms with Gasteiger partial charge in [0.2, 0.25) is 17.2 Å². The molecule has 192 valence electrons. The number of benzene rings is 2. The summed E-state index contributed by atoms with van der Waals surface area (Å²) in [6.07, 6.45) is -0.507. The molecule has 0 aliphatic carbocycles. The number of carbonyl (C=O) groups excluding carboxylic acids is 2. The lowest BCUT2D eigenvalue weighted by molar-refractivity contribution is -0.118. The molecular weight excluding hydrogens is 510 g/mol. The van der Waals surface area contributed by atoms with Crippen LogP contribution in [-0.2, 0) is 16.1 Å². The molecule has 1 N–H and O–H groups in total. The fourth-order valence-electron chi connectivity index (χ4n) is 4.30. The molecule has 0 unspecified atom stereocenters. The zero-order valence-corrected chi connectivity index (χ0v) is 21.0. The Kier molecular flexibility index (Phi) is 6.93. The van der Waals surface area contributed by atoms with Gasteiger partial charge in [-0.2, -0.15) is 0 Å². The molecule has 0 bridgehead atoms. The lowest BCUT2D eigenvalue weighted by atomic mass is 9.96. The highest BCUT2D eigenvalue weighted by atomic mass is 35.5. The van der Waals surface area contributed by atoms with E-state index in [0.29, 0.717) is 10.6 Å². The number of aryl methyl sites for hydroxylation is 1. The number of carbonyl (C=O) groups is 2. The maximum absolute atomic E-state index is 13.1. The number of pyridine rings is 1. The molecule has 1 atom stereocenters. The summed E-state index contributed by atoms with van der Waals surface area (Å²) in [6.45, 7) is 2.00. The monoisotopic (exact) mass is 531 g/mol. The van der Waals surface area contributed by atoms with Crippen molar-refractivity contribution in [2.75, 3.05) is 11.4 Å². The highest BCUT2D eigenvalue weighted by molar-refractivity contribution is 6.30. The predicted molar refractivity (Wildman–Crippen MR) is 141 cm³/mol. The summed E-state index contributed by atoms with van der Waals surface area (Å²) in [5.41, 5.74) is 0.331. The number of alkyl carbamates (subject to hydrolysis) is 1. The Balaban J connectivity index is 1.36. The Bertz CT molecular complexity index is 1600. The second kappa shape index (κ2) is 10.5. The highest BCUT2D eigenvalue weighted by Crippen LogP contribution is 2.38. The van der Waals surface area contributed by atoms with Gasteiger partial charge in [0.05, 0.1) is 5.56 Å². The Morgan fingerprint density at radius 1 is 1.05 bits per heavy atom. The second-order valence-electron chi connectivity index (χ2n) is 8.78. The van der Waals surface area contributed by atoms with E-state index in [1.807, 2.05) is 30.3 Å². The third-order valence-electron chi connectivity index (χ3n) is 6.16. The van der Waals surface area contributed by atoms with Crippen LogP contribution >= 0.6 is 11.6 Å². The third kappa shape index (κ3) is 5.01. The summed E-state index contributed by atoms with van der Waals surface area (Å²) in [4.78, 5) is 56.3. The van der Waals surface area contributed by atoms with E-state index in [2.05, 4.69) is 10.3 Å². The summed E-state index contributed by atoms with van der Waals surface area (Å²) >= 11 is 6.18. The van der Waals surface area contributed by atoms with Crippen LogP contribution in [0.5, 0.6) is 11.6 Å². The van der Waals surface area contributed by atoms with Gasteiger partial charge in [0.1, 0.15) is 24.1 Å². The van der Waals surface area contributed by atoms with E-state index in [1.54, 1.807) is 37.3 Å². The fraction of sp³-hybridized carbons (Fsp3) is 0.179. The van der Waals surface area contributed by atoms with Crippen LogP contribution in [0, 0.1) is 6.92 Å². The average molecular weight is 532 g/mol. The molecule has 4 aromatic rings. The molecule has 0 radical (unpaired) electrons. The second-order valence-corrected chi connectivity index (χ2v) is 9.22. The molecule has 1 aliphatic heterocycles. The number of hydrogen-bond donors (Lipinski definition) is 1. The predicted octanol–water partition coefficient (Wildman–Crippen LogP) is 4.13. The van der Waals surface area contributed by atoms with Crippen molar-refractivity contribution >= 4 is 29.3 Å². The summed E-state index contributed by atoms with van der Waals surface area (Å²) in [6, 6.07) is 18.1. The first-order valence-corrected chi connectivity index (χ1v) is 12.2. The van der Waals surface area contributed by atoms with E-state index in [1.165, 1.54) is 11.0 Å². The molecule has 2 amide bonds. The Morgan fingerprint density at radius 2 is 1.84 bits per heavy atom. The summed E-state index contributed by atoms with van der Waals surface area (Å²) in [5, 5.41) is 2.90. The summed E-state index contributed by atoms with van der Waals surface area (Å²) in [5.74, 6) is -0.00847. The van der Waals surface area contributed by atoms with Gasteiger partial charge in [-0.25, -0.2) is 9.78 Å². The Labute approximate surface area is 222 Å². The van der Waals surface area contributed by atoms with Gasteiger partial charge in [0.25, 0.3) is 5.43 Å². The van der Waals surface area contributed by atoms with E-state index in [-0.39, 0.29) is 42.5 Å². The van der Waals surface area contributed by atoms with Gasteiger partial charge in [0, 0.05) is 35.0 Å². The minimum atomic E-state index is -0.895. The van der Waals surface area contributed by atoms with Gasteiger partial charge in [-0.3, -0.25) is 14.4 Å². The van der Waals surface area contributed by atoms with Crippen LogP contribution in [0.25, 0.3) is 11.1 Å². The first-order valence-electron chi connectivity index (χ1n) is 11.8. The zero-order valence-electron chi connectivity index (χ0n) is 20.3. The van der Waals surface area contributed by atoms with Crippen LogP contribution in [-0.4, -0.2) is 29.6 Å². The number of nitrogens with zero attached hydrogens (tertiary/aromatic N) is 2. The fourth-order valence-corrected chi connectivity index (χ4v) is 4.47. The minimum absolute atomic E-state index is 0.0358. The molecule has 3 aromatic carbocycles. The molecule has 1 fully saturated rings. The van der Waals surface area contributed by atoms with Crippen molar-refractivity contribution in [3.05, 3.63) is 103 Å². The standard InChI is InChI=1S/C28H22ClN3O6/c1-16-6-5-9-22(30-16)38-21-14-18(29)10-11-19(21)23-24(26(34)25(23)33)32-13-12-20(27(32)35)31-28(36)37-15-17-7-3-2-4-8-17/h2-11,14,20H,12-13,15H2,1H3,(H,31,36)/t20-/m1/s1. The first kappa shape index (κ1) is 25.2. The number of anilines is 1. The zero-order chi connectivity index (χ0) is 26.8. The Hall–Kier alpha value is -4.50. The van der Waals surface area contributed by atoms with E-state index in [9.17, 15) is 19.2 Å². The molecule has 0 saturated carbocycles. The van der Waals surface area contributed by atoms with E-state index in [0.717, 1.165) is 11.3 Å². The molecule has 0 spiro atoms. The quantitative estimate of drug-likeness (QED) is 0.356. The number of nitrogens with one attached hydrogen (secondary N) is 1.